The summed E-state index contributed by atoms with van der Waals surface area (Å²) in [4.78, 5) is 0. The van der Waals surface area contributed by atoms with Gasteiger partial charge in [-0.05, 0) is 52.0 Å². The van der Waals surface area contributed by atoms with Crippen LogP contribution in [0.1, 0.15) is 27.7 Å². The van der Waals surface area contributed by atoms with Crippen molar-refractivity contribution in [3.63, 3.8) is 0 Å². The smallest absolute Gasteiger partial charge is 0.309 e. The lowest BCUT2D eigenvalue weighted by molar-refractivity contribution is -0.0893. The molecule has 0 fully saturated rings. The second-order valence-electron chi connectivity index (χ2n) is 7.60. The van der Waals surface area contributed by atoms with E-state index in [1.54, 1.807) is 20.1 Å². The second-order valence-corrected chi connectivity index (χ2v) is 7.60. The quantitative estimate of drug-likeness (QED) is 0.575. The van der Waals surface area contributed by atoms with Crippen LogP contribution < -0.4 is 5.46 Å². The Morgan fingerprint density at radius 3 is 2.44 bits per heavy atom. The molecule has 2 aromatic heterocycles. The largest absolute Gasteiger partial charge is 0.464 e. The van der Waals surface area contributed by atoms with Crippen molar-refractivity contribution >= 4 is 45.9 Å². The van der Waals surface area contributed by atoms with Crippen molar-refractivity contribution in [2.24, 2.45) is 0 Å². The molecule has 2 aromatic carbocycles. The zero-order valence-electron chi connectivity index (χ0n) is 14.9. The molecule has 5 heteroatoms. The first kappa shape index (κ1) is 16.2. The van der Waals surface area contributed by atoms with Crippen molar-refractivity contribution in [2.45, 2.75) is 38.9 Å². The highest BCUT2D eigenvalue weighted by Gasteiger charge is 2.35. The van der Waals surface area contributed by atoms with E-state index >= 15 is 0 Å². The van der Waals surface area contributed by atoms with Gasteiger partial charge in [-0.3, -0.25) is 0 Å². The van der Waals surface area contributed by atoms with Crippen LogP contribution in [-0.2, 0) is 4.65 Å². The average Bonchev–Trinajstić information content (AvgIpc) is 3.12. The lowest BCUT2D eigenvalue weighted by Crippen LogP contribution is -2.49. The summed E-state index contributed by atoms with van der Waals surface area (Å²) < 4.78 is 17.4. The number of aliphatic hydroxyl groups is 1. The number of fused-ring (bicyclic) bond motifs is 4. The van der Waals surface area contributed by atoms with Crippen LogP contribution in [0, 0.1) is 0 Å². The van der Waals surface area contributed by atoms with E-state index in [4.69, 9.17) is 13.5 Å². The molecule has 4 rings (SSSR count). The Bertz CT molecular complexity index is 1070. The number of benzene rings is 2. The highest BCUT2D eigenvalue weighted by Crippen LogP contribution is 2.32. The standard InChI is InChI=1S/C20H21BO4/c1-19(2,22)20(3,4)25-21-13-5-6-16-14(10-13)15-11-17-12(7-8-23-17)9-18(15)24-16/h5-11,21-22H,1-4H3. The number of furan rings is 2. The maximum Gasteiger partial charge on any atom is 0.309 e. The molecule has 0 bridgehead atoms. The maximum atomic E-state index is 10.2. The van der Waals surface area contributed by atoms with Crippen molar-refractivity contribution in [1.82, 2.24) is 0 Å². The van der Waals surface area contributed by atoms with Gasteiger partial charge in [0.25, 0.3) is 0 Å². The van der Waals surface area contributed by atoms with E-state index in [-0.39, 0.29) is 0 Å². The molecule has 4 aromatic rings. The number of hydrogen-bond acceptors (Lipinski definition) is 4. The van der Waals surface area contributed by atoms with Crippen LogP contribution in [0.25, 0.3) is 32.9 Å². The van der Waals surface area contributed by atoms with Gasteiger partial charge in [0.15, 0.2) is 0 Å². The number of hydrogen-bond donors (Lipinski definition) is 1. The lowest BCUT2D eigenvalue weighted by Gasteiger charge is -2.37. The first-order chi connectivity index (χ1) is 11.7. The zero-order chi connectivity index (χ0) is 17.8. The Balaban J connectivity index is 1.72. The van der Waals surface area contributed by atoms with Crippen molar-refractivity contribution in [2.75, 3.05) is 0 Å². The van der Waals surface area contributed by atoms with E-state index in [9.17, 15) is 5.11 Å². The molecule has 0 atom stereocenters. The molecule has 0 spiro atoms. The van der Waals surface area contributed by atoms with Crippen LogP contribution in [-0.4, -0.2) is 23.8 Å². The lowest BCUT2D eigenvalue weighted by atomic mass is 9.82. The summed E-state index contributed by atoms with van der Waals surface area (Å²) >= 11 is 0. The van der Waals surface area contributed by atoms with Crippen LogP contribution in [0.5, 0.6) is 0 Å². The minimum atomic E-state index is -0.926. The molecular formula is C20H21BO4. The van der Waals surface area contributed by atoms with E-state index in [2.05, 4.69) is 6.07 Å². The topological polar surface area (TPSA) is 55.7 Å². The van der Waals surface area contributed by atoms with Gasteiger partial charge in [-0.15, -0.1) is 0 Å². The van der Waals surface area contributed by atoms with Gasteiger partial charge in [-0.1, -0.05) is 17.6 Å². The summed E-state index contributed by atoms with van der Waals surface area (Å²) in [6.07, 6.45) is 1.68. The minimum Gasteiger partial charge on any atom is -0.464 e. The summed E-state index contributed by atoms with van der Waals surface area (Å²) in [6, 6.07) is 12.0. The van der Waals surface area contributed by atoms with Crippen molar-refractivity contribution in [1.29, 1.82) is 0 Å². The molecular weight excluding hydrogens is 315 g/mol. The van der Waals surface area contributed by atoms with Gasteiger partial charge in [-0.25, -0.2) is 0 Å². The SMILES string of the molecule is CC(C)(O)C(C)(C)OBc1ccc2oc3cc4ccoc4cc3c2c1. The van der Waals surface area contributed by atoms with Crippen LogP contribution >= 0.6 is 0 Å². The molecule has 0 unspecified atom stereocenters. The summed E-state index contributed by atoms with van der Waals surface area (Å²) in [7, 11) is 0.419. The van der Waals surface area contributed by atoms with E-state index < -0.39 is 11.2 Å². The van der Waals surface area contributed by atoms with Crippen molar-refractivity contribution in [3.05, 3.63) is 42.7 Å². The zero-order valence-corrected chi connectivity index (χ0v) is 14.9. The highest BCUT2D eigenvalue weighted by atomic mass is 16.5. The monoisotopic (exact) mass is 336 g/mol. The van der Waals surface area contributed by atoms with Crippen LogP contribution in [0.15, 0.2) is 51.5 Å². The maximum absolute atomic E-state index is 10.2. The Kier molecular flexibility index (Phi) is 3.50. The molecule has 25 heavy (non-hydrogen) atoms. The molecule has 0 aliphatic rings. The fourth-order valence-corrected chi connectivity index (χ4v) is 2.81. The summed E-state index contributed by atoms with van der Waals surface area (Å²) in [5.41, 5.74) is 1.99. The minimum absolute atomic E-state index is 0.419. The van der Waals surface area contributed by atoms with Crippen molar-refractivity contribution < 1.29 is 18.6 Å². The van der Waals surface area contributed by atoms with E-state index in [1.165, 1.54) is 0 Å². The van der Waals surface area contributed by atoms with Gasteiger partial charge < -0.3 is 18.6 Å². The molecule has 4 nitrogen and oxygen atoms in total. The predicted molar refractivity (Wildman–Crippen MR) is 102 cm³/mol. The molecule has 0 amide bonds. The second kappa shape index (κ2) is 5.38. The Hall–Kier alpha value is -2.24. The predicted octanol–water partition coefficient (Wildman–Crippen LogP) is 3.88. The number of rotatable bonds is 4. The molecule has 1 N–H and O–H groups in total. The Morgan fingerprint density at radius 1 is 0.920 bits per heavy atom. The van der Waals surface area contributed by atoms with E-state index in [1.807, 2.05) is 44.2 Å². The summed E-state index contributed by atoms with van der Waals surface area (Å²) in [5, 5.41) is 13.3. The summed E-state index contributed by atoms with van der Waals surface area (Å²) in [5.74, 6) is 0. The van der Waals surface area contributed by atoms with Gasteiger partial charge in [0, 0.05) is 16.2 Å². The molecule has 128 valence electrons. The normalized spacial score (nSPS) is 13.2. The third-order valence-electron chi connectivity index (χ3n) is 5.18. The van der Waals surface area contributed by atoms with Gasteiger partial charge in [0.2, 0.25) is 0 Å². The van der Waals surface area contributed by atoms with Crippen LogP contribution in [0.4, 0.5) is 0 Å². The molecule has 2 heterocycles. The first-order valence-electron chi connectivity index (χ1n) is 8.43. The highest BCUT2D eigenvalue weighted by molar-refractivity contribution is 6.47. The fourth-order valence-electron chi connectivity index (χ4n) is 2.81. The van der Waals surface area contributed by atoms with Crippen LogP contribution in [0.2, 0.25) is 0 Å². The third kappa shape index (κ3) is 2.73. The first-order valence-corrected chi connectivity index (χ1v) is 8.43. The van der Waals surface area contributed by atoms with Crippen LogP contribution in [0.3, 0.4) is 0 Å². The Labute approximate surface area is 146 Å². The average molecular weight is 336 g/mol. The fraction of sp³-hybridized carbons (Fsp3) is 0.300. The molecule has 0 saturated heterocycles. The van der Waals surface area contributed by atoms with Gasteiger partial charge in [0.05, 0.1) is 17.5 Å². The molecule has 0 aliphatic heterocycles. The molecule has 0 saturated carbocycles. The molecule has 0 radical (unpaired) electrons. The Morgan fingerprint density at radius 2 is 1.68 bits per heavy atom. The van der Waals surface area contributed by atoms with Gasteiger partial charge in [0.1, 0.15) is 16.7 Å². The van der Waals surface area contributed by atoms with Crippen molar-refractivity contribution in [3.8, 4) is 0 Å². The van der Waals surface area contributed by atoms with Gasteiger partial charge >= 0.3 is 7.48 Å². The third-order valence-corrected chi connectivity index (χ3v) is 5.18. The van der Waals surface area contributed by atoms with E-state index in [0.29, 0.717) is 7.48 Å². The summed E-state index contributed by atoms with van der Waals surface area (Å²) in [6.45, 7) is 7.31. The van der Waals surface area contributed by atoms with E-state index in [0.717, 1.165) is 38.4 Å². The van der Waals surface area contributed by atoms with Gasteiger partial charge in [-0.2, -0.15) is 0 Å². The molecule has 0 aliphatic carbocycles.